The van der Waals surface area contributed by atoms with E-state index in [-0.39, 0.29) is 45.6 Å². The molecule has 0 atom stereocenters. The van der Waals surface area contributed by atoms with E-state index >= 15 is 0 Å². The second-order valence-corrected chi connectivity index (χ2v) is 10.6. The molecule has 12 heteroatoms. The van der Waals surface area contributed by atoms with E-state index in [1.807, 2.05) is 0 Å². The van der Waals surface area contributed by atoms with Gasteiger partial charge in [-0.25, -0.2) is 22.3 Å². The number of benzene rings is 2. The van der Waals surface area contributed by atoms with E-state index in [9.17, 15) is 27.5 Å². The van der Waals surface area contributed by atoms with Gasteiger partial charge < -0.3 is 15.2 Å². The Morgan fingerprint density at radius 3 is 2.42 bits per heavy atom. The van der Waals surface area contributed by atoms with Crippen molar-refractivity contribution in [2.75, 3.05) is 5.32 Å². The van der Waals surface area contributed by atoms with Gasteiger partial charge in [0.2, 0.25) is 21.8 Å². The number of carboxylic acids is 1. The lowest BCUT2D eigenvalue weighted by molar-refractivity contribution is -0.117. The molecule has 2 aliphatic rings. The minimum absolute atomic E-state index is 0.0448. The van der Waals surface area contributed by atoms with Gasteiger partial charge in [0.15, 0.2) is 5.69 Å². The molecule has 0 aliphatic heterocycles. The molecule has 3 N–H and O–H groups in total. The topological polar surface area (TPSA) is 140 Å². The molecule has 0 unspecified atom stereocenters. The zero-order valence-corrected chi connectivity index (χ0v) is 20.0. The van der Waals surface area contributed by atoms with Gasteiger partial charge in [0.25, 0.3) is 0 Å². The molecule has 0 bridgehead atoms. The van der Waals surface area contributed by atoms with Crippen LogP contribution in [-0.4, -0.2) is 41.2 Å². The quantitative estimate of drug-likeness (QED) is 0.396. The smallest absolute Gasteiger partial charge is 0.356 e. The van der Waals surface area contributed by atoms with Gasteiger partial charge in [0, 0.05) is 23.2 Å². The molecule has 1 amide bonds. The number of hydrogen-bond acceptors (Lipinski definition) is 6. The average Bonchev–Trinajstić information content (AvgIpc) is 3.75. The number of aromatic nitrogens is 2. The number of sulfonamides is 1. The third kappa shape index (κ3) is 4.95. The Bertz CT molecular complexity index is 1460. The molecule has 36 heavy (non-hydrogen) atoms. The largest absolute Gasteiger partial charge is 0.476 e. The molecule has 0 radical (unpaired) electrons. The van der Waals surface area contributed by atoms with Crippen LogP contribution in [0.2, 0.25) is 0 Å². The van der Waals surface area contributed by atoms with E-state index < -0.39 is 21.8 Å². The summed E-state index contributed by atoms with van der Waals surface area (Å²) in [5.41, 5.74) is 0.459. The normalized spacial score (nSPS) is 15.5. The second kappa shape index (κ2) is 9.03. The lowest BCUT2D eigenvalue weighted by atomic mass is 10.2. The number of carbonyl (C=O) groups excluding carboxylic acids is 1. The van der Waals surface area contributed by atoms with Gasteiger partial charge in [-0.05, 0) is 75.1 Å². The number of carbonyl (C=O) groups is 2. The number of halogens is 1. The first-order valence-electron chi connectivity index (χ1n) is 11.4. The van der Waals surface area contributed by atoms with E-state index in [0.29, 0.717) is 24.2 Å². The number of hydrogen-bond donors (Lipinski definition) is 3. The summed E-state index contributed by atoms with van der Waals surface area (Å²) in [5, 5.41) is 16.4. The van der Waals surface area contributed by atoms with E-state index in [1.54, 1.807) is 0 Å². The Balaban J connectivity index is 1.58. The van der Waals surface area contributed by atoms with Crippen molar-refractivity contribution in [2.45, 2.75) is 43.5 Å². The number of carboxylic acid groups (broad SMARTS) is 1. The molecule has 0 spiro atoms. The highest BCUT2D eigenvalue weighted by atomic mass is 32.2. The molecular weight excluding hydrogens is 491 g/mol. The first kappa shape index (κ1) is 23.9. The van der Waals surface area contributed by atoms with E-state index in [0.717, 1.165) is 12.8 Å². The van der Waals surface area contributed by atoms with Crippen molar-refractivity contribution in [1.29, 1.82) is 0 Å². The Morgan fingerprint density at radius 2 is 1.81 bits per heavy atom. The monoisotopic (exact) mass is 514 g/mol. The van der Waals surface area contributed by atoms with Crippen molar-refractivity contribution >= 4 is 27.6 Å². The molecule has 5 rings (SSSR count). The SMILES string of the molecule is Cc1c(C(=O)O)nn(-c2ccc(F)cc2)c1Oc1ccc(NC(=O)C2CC2)cc1S(=O)(=O)NC1CC1. The minimum Gasteiger partial charge on any atom is -0.476 e. The maximum atomic E-state index is 13.5. The van der Waals surface area contributed by atoms with Gasteiger partial charge >= 0.3 is 5.97 Å². The average molecular weight is 515 g/mol. The summed E-state index contributed by atoms with van der Waals surface area (Å²) in [6.07, 6.45) is 3.01. The third-order valence-electron chi connectivity index (χ3n) is 5.90. The fourth-order valence-electron chi connectivity index (χ4n) is 3.62. The van der Waals surface area contributed by atoms with Gasteiger partial charge in [-0.3, -0.25) is 4.79 Å². The van der Waals surface area contributed by atoms with Crippen LogP contribution < -0.4 is 14.8 Å². The first-order chi connectivity index (χ1) is 17.1. The van der Waals surface area contributed by atoms with Crippen LogP contribution in [0.3, 0.4) is 0 Å². The number of anilines is 1. The van der Waals surface area contributed by atoms with E-state index in [2.05, 4.69) is 15.1 Å². The number of nitrogens with one attached hydrogen (secondary N) is 2. The van der Waals surface area contributed by atoms with Crippen molar-refractivity contribution < 1.29 is 32.2 Å². The van der Waals surface area contributed by atoms with Gasteiger partial charge in [-0.2, -0.15) is 9.78 Å². The van der Waals surface area contributed by atoms with Crippen molar-refractivity contribution in [3.8, 4) is 17.3 Å². The van der Waals surface area contributed by atoms with Crippen LogP contribution in [0.25, 0.3) is 5.69 Å². The molecule has 10 nitrogen and oxygen atoms in total. The number of aromatic carboxylic acids is 1. The van der Waals surface area contributed by atoms with Gasteiger partial charge in [-0.15, -0.1) is 0 Å². The van der Waals surface area contributed by atoms with Gasteiger partial charge in [0.05, 0.1) is 5.69 Å². The van der Waals surface area contributed by atoms with Crippen LogP contribution in [0.1, 0.15) is 41.7 Å². The number of ether oxygens (including phenoxy) is 1. The molecule has 0 saturated heterocycles. The highest BCUT2D eigenvalue weighted by molar-refractivity contribution is 7.89. The van der Waals surface area contributed by atoms with Crippen LogP contribution >= 0.6 is 0 Å². The molecule has 1 aromatic heterocycles. The van der Waals surface area contributed by atoms with Crippen LogP contribution in [0.4, 0.5) is 10.1 Å². The standard InChI is InChI=1S/C24H23FN4O6S/c1-13-21(24(31)32)27-29(18-9-4-15(25)5-10-18)23(13)35-19-11-8-17(26-22(30)14-2-3-14)12-20(19)36(33,34)28-16-6-7-16/h4-5,8-12,14,16,28H,2-3,6-7H2,1H3,(H,26,30)(H,31,32). The molecule has 2 aromatic carbocycles. The highest BCUT2D eigenvalue weighted by Crippen LogP contribution is 2.37. The highest BCUT2D eigenvalue weighted by Gasteiger charge is 2.33. The number of rotatable bonds is 9. The fraction of sp³-hybridized carbons (Fsp3) is 0.292. The fourth-order valence-corrected chi connectivity index (χ4v) is 5.08. The van der Waals surface area contributed by atoms with Gasteiger partial charge in [-0.1, -0.05) is 0 Å². The Kier molecular flexibility index (Phi) is 6.00. The summed E-state index contributed by atoms with van der Waals surface area (Å²) in [4.78, 5) is 23.8. The summed E-state index contributed by atoms with van der Waals surface area (Å²) in [6.45, 7) is 1.48. The van der Waals surface area contributed by atoms with Crippen molar-refractivity contribution in [1.82, 2.24) is 14.5 Å². The Hall–Kier alpha value is -3.77. The Morgan fingerprint density at radius 1 is 1.11 bits per heavy atom. The van der Waals surface area contributed by atoms with Crippen LogP contribution in [0, 0.1) is 18.7 Å². The lowest BCUT2D eigenvalue weighted by Crippen LogP contribution is -2.26. The number of nitrogens with zero attached hydrogens (tertiary/aromatic N) is 2. The molecule has 2 saturated carbocycles. The zero-order valence-electron chi connectivity index (χ0n) is 19.2. The van der Waals surface area contributed by atoms with E-state index in [4.69, 9.17) is 4.74 Å². The summed E-state index contributed by atoms with van der Waals surface area (Å²) >= 11 is 0. The van der Waals surface area contributed by atoms with Crippen LogP contribution in [-0.2, 0) is 14.8 Å². The maximum absolute atomic E-state index is 13.5. The zero-order chi connectivity index (χ0) is 25.6. The van der Waals surface area contributed by atoms with E-state index in [1.165, 1.54) is 54.1 Å². The molecule has 2 fully saturated rings. The van der Waals surface area contributed by atoms with Crippen molar-refractivity contribution in [2.24, 2.45) is 5.92 Å². The molecule has 2 aliphatic carbocycles. The third-order valence-corrected chi connectivity index (χ3v) is 7.44. The predicted octanol–water partition coefficient (Wildman–Crippen LogP) is 3.60. The summed E-state index contributed by atoms with van der Waals surface area (Å²) in [7, 11) is -4.04. The maximum Gasteiger partial charge on any atom is 0.356 e. The van der Waals surface area contributed by atoms with Gasteiger partial charge in [0.1, 0.15) is 16.5 Å². The molecule has 3 aromatic rings. The minimum atomic E-state index is -4.04. The summed E-state index contributed by atoms with van der Waals surface area (Å²) < 4.78 is 49.7. The first-order valence-corrected chi connectivity index (χ1v) is 12.8. The predicted molar refractivity (Wildman–Crippen MR) is 126 cm³/mol. The summed E-state index contributed by atoms with van der Waals surface area (Å²) in [5.74, 6) is -2.19. The molecule has 1 heterocycles. The molecule has 188 valence electrons. The van der Waals surface area contributed by atoms with Crippen LogP contribution in [0.15, 0.2) is 47.4 Å². The van der Waals surface area contributed by atoms with Crippen molar-refractivity contribution in [3.63, 3.8) is 0 Å². The molecular formula is C24H23FN4O6S. The van der Waals surface area contributed by atoms with Crippen molar-refractivity contribution in [3.05, 3.63) is 59.5 Å². The summed E-state index contributed by atoms with van der Waals surface area (Å²) in [6, 6.07) is 9.19. The number of amides is 1. The lowest BCUT2D eigenvalue weighted by Gasteiger charge is -2.16. The van der Waals surface area contributed by atoms with Crippen LogP contribution in [0.5, 0.6) is 11.6 Å². The Labute approximate surface area is 206 Å². The second-order valence-electron chi connectivity index (χ2n) is 8.89.